The van der Waals surface area contributed by atoms with Gasteiger partial charge in [-0.05, 0) is 18.9 Å². The smallest absolute Gasteiger partial charge is 0.258 e. The first-order valence-electron chi connectivity index (χ1n) is 6.28. The van der Waals surface area contributed by atoms with Crippen molar-refractivity contribution in [2.45, 2.75) is 19.3 Å². The number of pyridine rings is 1. The molecule has 5 heteroatoms. The summed E-state index contributed by atoms with van der Waals surface area (Å²) in [4.78, 5) is 22.5. The van der Waals surface area contributed by atoms with E-state index in [1.807, 2.05) is 0 Å². The molecule has 96 valence electrons. The van der Waals surface area contributed by atoms with Crippen LogP contribution in [0.5, 0.6) is 0 Å². The van der Waals surface area contributed by atoms with Crippen molar-refractivity contribution in [3.05, 3.63) is 28.9 Å². The van der Waals surface area contributed by atoms with Gasteiger partial charge in [0.2, 0.25) is 0 Å². The van der Waals surface area contributed by atoms with Crippen LogP contribution in [-0.2, 0) is 0 Å². The Kier molecular flexibility index (Phi) is 2.71. The zero-order valence-corrected chi connectivity index (χ0v) is 10.4. The van der Waals surface area contributed by atoms with Gasteiger partial charge in [-0.25, -0.2) is 9.97 Å². The van der Waals surface area contributed by atoms with E-state index in [0.717, 1.165) is 12.8 Å². The number of H-pyrrole nitrogens is 1. The first kappa shape index (κ1) is 11.7. The Morgan fingerprint density at radius 1 is 1.47 bits per heavy atom. The van der Waals surface area contributed by atoms with Gasteiger partial charge in [-0.1, -0.05) is 12.3 Å². The second-order valence-corrected chi connectivity index (χ2v) is 4.95. The number of hydrogen-bond acceptors (Lipinski definition) is 4. The van der Waals surface area contributed by atoms with E-state index in [1.165, 1.54) is 12.7 Å². The molecule has 0 unspecified atom stereocenters. The molecule has 0 aliphatic heterocycles. The monoisotopic (exact) mass is 254 g/mol. The number of terminal acetylenes is 1. The number of nitrogens with one attached hydrogen (secondary N) is 2. The van der Waals surface area contributed by atoms with Crippen molar-refractivity contribution >= 4 is 16.7 Å². The van der Waals surface area contributed by atoms with E-state index in [9.17, 15) is 4.79 Å². The fourth-order valence-corrected chi connectivity index (χ4v) is 2.30. The fraction of sp³-hybridized carbons (Fsp3) is 0.357. The molecule has 2 heterocycles. The molecule has 0 aromatic carbocycles. The van der Waals surface area contributed by atoms with E-state index in [0.29, 0.717) is 23.3 Å². The Balaban J connectivity index is 1.84. The zero-order valence-electron chi connectivity index (χ0n) is 10.4. The van der Waals surface area contributed by atoms with Gasteiger partial charge in [-0.2, -0.15) is 0 Å². The molecular formula is C14H14N4O. The van der Waals surface area contributed by atoms with E-state index < -0.39 is 0 Å². The molecule has 1 aliphatic carbocycles. The maximum absolute atomic E-state index is 11.7. The highest BCUT2D eigenvalue weighted by atomic mass is 16.1. The van der Waals surface area contributed by atoms with Crippen LogP contribution in [0.4, 0.5) is 5.82 Å². The van der Waals surface area contributed by atoms with Gasteiger partial charge in [-0.3, -0.25) is 4.79 Å². The van der Waals surface area contributed by atoms with E-state index in [2.05, 4.69) is 26.2 Å². The van der Waals surface area contributed by atoms with Gasteiger partial charge >= 0.3 is 0 Å². The number of hydrogen-bond donors (Lipinski definition) is 2. The van der Waals surface area contributed by atoms with E-state index >= 15 is 0 Å². The molecule has 1 saturated carbocycles. The molecule has 0 saturated heterocycles. The van der Waals surface area contributed by atoms with E-state index in [1.54, 1.807) is 12.3 Å². The predicted octanol–water partition coefficient (Wildman–Crippen LogP) is 1.53. The Labute approximate surface area is 110 Å². The fourth-order valence-electron chi connectivity index (χ4n) is 2.30. The molecule has 1 aliphatic rings. The summed E-state index contributed by atoms with van der Waals surface area (Å²) in [5, 5.41) is 3.75. The zero-order chi connectivity index (χ0) is 13.3. The van der Waals surface area contributed by atoms with E-state index in [4.69, 9.17) is 6.42 Å². The molecule has 3 rings (SSSR count). The number of fused-ring (bicyclic) bond motifs is 1. The van der Waals surface area contributed by atoms with E-state index in [-0.39, 0.29) is 11.0 Å². The summed E-state index contributed by atoms with van der Waals surface area (Å²) < 4.78 is 0. The lowest BCUT2D eigenvalue weighted by atomic mass is 9.69. The predicted molar refractivity (Wildman–Crippen MR) is 73.8 cm³/mol. The summed E-state index contributed by atoms with van der Waals surface area (Å²) in [7, 11) is 0. The molecule has 0 radical (unpaired) electrons. The van der Waals surface area contributed by atoms with Crippen molar-refractivity contribution in [2.24, 2.45) is 5.41 Å². The van der Waals surface area contributed by atoms with Crippen molar-refractivity contribution in [2.75, 3.05) is 11.9 Å². The van der Waals surface area contributed by atoms with Gasteiger partial charge in [0.05, 0.1) is 23.4 Å². The maximum atomic E-state index is 11.7. The van der Waals surface area contributed by atoms with Crippen LogP contribution in [0.15, 0.2) is 23.4 Å². The second-order valence-electron chi connectivity index (χ2n) is 4.95. The molecule has 5 nitrogen and oxygen atoms in total. The SMILES string of the molecule is C#CC1(CNc2cc3c(=O)[nH]cnc3cn2)CCC1. The normalized spacial score (nSPS) is 16.6. The third-order valence-corrected chi connectivity index (χ3v) is 3.75. The van der Waals surface area contributed by atoms with Gasteiger partial charge in [0.1, 0.15) is 5.82 Å². The summed E-state index contributed by atoms with van der Waals surface area (Å²) in [5.41, 5.74) is 0.383. The first-order valence-corrected chi connectivity index (χ1v) is 6.28. The number of rotatable bonds is 3. The van der Waals surface area contributed by atoms with Crippen molar-refractivity contribution in [1.82, 2.24) is 15.0 Å². The summed E-state index contributed by atoms with van der Waals surface area (Å²) in [6.07, 6.45) is 11.8. The van der Waals surface area contributed by atoms with Crippen LogP contribution in [0.1, 0.15) is 19.3 Å². The van der Waals surface area contributed by atoms with Crippen molar-refractivity contribution in [3.8, 4) is 12.3 Å². The highest BCUT2D eigenvalue weighted by Gasteiger charge is 2.34. The standard InChI is InChI=1S/C14H14N4O/c1-2-14(4-3-5-14)8-16-12-6-10-11(7-15-12)17-9-18-13(10)19/h1,6-7,9H,3-5,8H2,(H,15,16)(H,17,18,19). The molecule has 0 bridgehead atoms. The number of aromatic nitrogens is 3. The number of aromatic amines is 1. The van der Waals surface area contributed by atoms with Crippen molar-refractivity contribution in [3.63, 3.8) is 0 Å². The highest BCUT2D eigenvalue weighted by Crippen LogP contribution is 2.40. The Morgan fingerprint density at radius 2 is 2.32 bits per heavy atom. The summed E-state index contributed by atoms with van der Waals surface area (Å²) in [5.74, 6) is 3.52. The molecule has 2 N–H and O–H groups in total. The highest BCUT2D eigenvalue weighted by molar-refractivity contribution is 5.78. The van der Waals surface area contributed by atoms with Gasteiger partial charge in [-0.15, -0.1) is 6.42 Å². The molecule has 0 amide bonds. The molecule has 2 aromatic heterocycles. The van der Waals surface area contributed by atoms with Crippen LogP contribution >= 0.6 is 0 Å². The molecular weight excluding hydrogens is 240 g/mol. The average molecular weight is 254 g/mol. The maximum Gasteiger partial charge on any atom is 0.258 e. The van der Waals surface area contributed by atoms with Gasteiger partial charge < -0.3 is 10.3 Å². The second kappa shape index (κ2) is 4.39. The third kappa shape index (κ3) is 2.06. The Morgan fingerprint density at radius 3 is 3.00 bits per heavy atom. The number of anilines is 1. The van der Waals surface area contributed by atoms with Gasteiger partial charge in [0.15, 0.2) is 0 Å². The van der Waals surface area contributed by atoms with Crippen LogP contribution in [0.3, 0.4) is 0 Å². The minimum absolute atomic E-state index is 0.0437. The van der Waals surface area contributed by atoms with Crippen LogP contribution in [0.2, 0.25) is 0 Å². The Hall–Kier alpha value is -2.35. The molecule has 19 heavy (non-hydrogen) atoms. The summed E-state index contributed by atoms with van der Waals surface area (Å²) in [6.45, 7) is 0.695. The summed E-state index contributed by atoms with van der Waals surface area (Å²) in [6, 6.07) is 1.71. The molecule has 0 spiro atoms. The minimum Gasteiger partial charge on any atom is -0.369 e. The molecule has 1 fully saturated rings. The van der Waals surface area contributed by atoms with Crippen LogP contribution in [0, 0.1) is 17.8 Å². The lowest BCUT2D eigenvalue weighted by molar-refractivity contribution is 0.237. The van der Waals surface area contributed by atoms with Crippen molar-refractivity contribution in [1.29, 1.82) is 0 Å². The lowest BCUT2D eigenvalue weighted by Gasteiger charge is -2.37. The topological polar surface area (TPSA) is 70.7 Å². The average Bonchev–Trinajstić information content (AvgIpc) is 2.39. The van der Waals surface area contributed by atoms with Crippen LogP contribution in [-0.4, -0.2) is 21.5 Å². The lowest BCUT2D eigenvalue weighted by Crippen LogP contribution is -2.35. The molecule has 2 aromatic rings. The largest absolute Gasteiger partial charge is 0.369 e. The minimum atomic E-state index is -0.161. The first-order chi connectivity index (χ1) is 9.22. The van der Waals surface area contributed by atoms with Gasteiger partial charge in [0, 0.05) is 12.0 Å². The van der Waals surface area contributed by atoms with Crippen LogP contribution < -0.4 is 10.9 Å². The summed E-state index contributed by atoms with van der Waals surface area (Å²) >= 11 is 0. The van der Waals surface area contributed by atoms with Crippen LogP contribution in [0.25, 0.3) is 10.9 Å². The Bertz CT molecular complexity index is 709. The van der Waals surface area contributed by atoms with Gasteiger partial charge in [0.25, 0.3) is 5.56 Å². The third-order valence-electron chi connectivity index (χ3n) is 3.75. The van der Waals surface area contributed by atoms with Crippen molar-refractivity contribution < 1.29 is 0 Å². The molecule has 0 atom stereocenters. The number of nitrogens with zero attached hydrogens (tertiary/aromatic N) is 2. The quantitative estimate of drug-likeness (QED) is 0.815.